The predicted molar refractivity (Wildman–Crippen MR) is 62.6 cm³/mol. The number of nitrogens with one attached hydrogen (secondary N) is 1. The highest BCUT2D eigenvalue weighted by atomic mass is 32.2. The van der Waals surface area contributed by atoms with Gasteiger partial charge in [-0.15, -0.1) is 0 Å². The van der Waals surface area contributed by atoms with Gasteiger partial charge in [-0.2, -0.15) is 4.31 Å². The highest BCUT2D eigenvalue weighted by Gasteiger charge is 2.46. The molecule has 98 valence electrons. The summed E-state index contributed by atoms with van der Waals surface area (Å²) in [4.78, 5) is 22.9. The molecule has 1 heterocycles. The number of rotatable bonds is 3. The third kappa shape index (κ3) is 2.84. The van der Waals surface area contributed by atoms with Gasteiger partial charge in [0.15, 0.2) is 0 Å². The molecule has 17 heavy (non-hydrogen) atoms. The molecule has 1 aliphatic heterocycles. The summed E-state index contributed by atoms with van der Waals surface area (Å²) in [5.74, 6) is -1.30. The first-order valence-corrected chi connectivity index (χ1v) is 7.03. The van der Waals surface area contributed by atoms with Gasteiger partial charge in [-0.05, 0) is 19.8 Å². The zero-order valence-electron chi connectivity index (χ0n) is 10.5. The van der Waals surface area contributed by atoms with Crippen LogP contribution < -0.4 is 5.32 Å². The summed E-state index contributed by atoms with van der Waals surface area (Å²) in [7, 11) is -3.60. The smallest absolute Gasteiger partial charge is 0.247 e. The molecule has 0 bridgehead atoms. The summed E-state index contributed by atoms with van der Waals surface area (Å²) in [6.07, 6.45) is 0. The SMILES string of the molecule is CC(C)CS(=O)(=O)N1CC(=O)NC(=O)C1(C)C. The Labute approximate surface area is 101 Å². The molecule has 0 atom stereocenters. The molecule has 0 radical (unpaired) electrons. The molecular formula is C10H18N2O4S. The van der Waals surface area contributed by atoms with E-state index in [0.717, 1.165) is 4.31 Å². The van der Waals surface area contributed by atoms with Crippen molar-refractivity contribution in [2.75, 3.05) is 12.3 Å². The van der Waals surface area contributed by atoms with Crippen LogP contribution >= 0.6 is 0 Å². The largest absolute Gasteiger partial charge is 0.294 e. The molecular weight excluding hydrogens is 244 g/mol. The molecule has 0 aromatic rings. The van der Waals surface area contributed by atoms with E-state index in [9.17, 15) is 18.0 Å². The van der Waals surface area contributed by atoms with Crippen LogP contribution in [0, 0.1) is 5.92 Å². The number of piperazine rings is 1. The topological polar surface area (TPSA) is 83.6 Å². The second kappa shape index (κ2) is 4.38. The molecule has 0 saturated carbocycles. The van der Waals surface area contributed by atoms with Crippen molar-refractivity contribution < 1.29 is 18.0 Å². The Morgan fingerprint density at radius 2 is 1.88 bits per heavy atom. The van der Waals surface area contributed by atoms with E-state index in [0.29, 0.717) is 0 Å². The quantitative estimate of drug-likeness (QED) is 0.708. The fourth-order valence-electron chi connectivity index (χ4n) is 1.72. The van der Waals surface area contributed by atoms with Gasteiger partial charge in [0.05, 0.1) is 12.3 Å². The third-order valence-corrected chi connectivity index (χ3v) is 4.94. The molecule has 0 aromatic carbocycles. The summed E-state index contributed by atoms with van der Waals surface area (Å²) in [5.41, 5.74) is -1.22. The molecule has 0 spiro atoms. The van der Waals surface area contributed by atoms with Crippen molar-refractivity contribution in [3.8, 4) is 0 Å². The van der Waals surface area contributed by atoms with Crippen molar-refractivity contribution in [2.45, 2.75) is 33.2 Å². The van der Waals surface area contributed by atoms with E-state index < -0.39 is 27.4 Å². The maximum absolute atomic E-state index is 12.1. The molecule has 1 N–H and O–H groups in total. The number of carbonyl (C=O) groups excluding carboxylic acids is 2. The maximum Gasteiger partial charge on any atom is 0.247 e. The van der Waals surface area contributed by atoms with Crippen LogP contribution in [0.5, 0.6) is 0 Å². The zero-order chi connectivity index (χ0) is 13.4. The van der Waals surface area contributed by atoms with Crippen molar-refractivity contribution in [1.82, 2.24) is 9.62 Å². The van der Waals surface area contributed by atoms with E-state index in [-0.39, 0.29) is 18.2 Å². The number of carbonyl (C=O) groups is 2. The zero-order valence-corrected chi connectivity index (χ0v) is 11.3. The van der Waals surface area contributed by atoms with Crippen LogP contribution in [0.1, 0.15) is 27.7 Å². The van der Waals surface area contributed by atoms with Crippen molar-refractivity contribution in [1.29, 1.82) is 0 Å². The minimum Gasteiger partial charge on any atom is -0.294 e. The van der Waals surface area contributed by atoms with Crippen LogP contribution in [0.3, 0.4) is 0 Å². The van der Waals surface area contributed by atoms with Crippen LogP contribution in [0.2, 0.25) is 0 Å². The minimum atomic E-state index is -3.60. The van der Waals surface area contributed by atoms with Gasteiger partial charge in [-0.3, -0.25) is 14.9 Å². The van der Waals surface area contributed by atoms with Gasteiger partial charge in [0.2, 0.25) is 21.8 Å². The Morgan fingerprint density at radius 1 is 1.35 bits per heavy atom. The number of imide groups is 1. The Kier molecular flexibility index (Phi) is 3.63. The van der Waals surface area contributed by atoms with Crippen molar-refractivity contribution in [2.24, 2.45) is 5.92 Å². The second-order valence-corrected chi connectivity index (χ2v) is 7.05. The number of sulfonamides is 1. The van der Waals surface area contributed by atoms with E-state index in [1.54, 1.807) is 13.8 Å². The van der Waals surface area contributed by atoms with Gasteiger partial charge < -0.3 is 0 Å². The summed E-state index contributed by atoms with van der Waals surface area (Å²) in [6.45, 7) is 6.24. The first kappa shape index (κ1) is 14.1. The van der Waals surface area contributed by atoms with Gasteiger partial charge >= 0.3 is 0 Å². The Balaban J connectivity index is 3.10. The average Bonchev–Trinajstić information content (AvgIpc) is 2.09. The fraction of sp³-hybridized carbons (Fsp3) is 0.800. The van der Waals surface area contributed by atoms with Gasteiger partial charge in [-0.25, -0.2) is 8.42 Å². The summed E-state index contributed by atoms with van der Waals surface area (Å²) < 4.78 is 25.2. The first-order valence-electron chi connectivity index (χ1n) is 5.42. The van der Waals surface area contributed by atoms with Gasteiger partial charge in [-0.1, -0.05) is 13.8 Å². The predicted octanol–water partition coefficient (Wildman–Crippen LogP) is -0.291. The van der Waals surface area contributed by atoms with Gasteiger partial charge in [0, 0.05) is 0 Å². The molecule has 0 unspecified atom stereocenters. The van der Waals surface area contributed by atoms with E-state index in [1.165, 1.54) is 13.8 Å². The van der Waals surface area contributed by atoms with Crippen LogP contribution in [-0.2, 0) is 19.6 Å². The Bertz CT molecular complexity index is 439. The summed E-state index contributed by atoms with van der Waals surface area (Å²) in [5, 5.41) is 2.14. The molecule has 0 aliphatic carbocycles. The summed E-state index contributed by atoms with van der Waals surface area (Å²) >= 11 is 0. The minimum absolute atomic E-state index is 0.0594. The average molecular weight is 262 g/mol. The highest BCUT2D eigenvalue weighted by molar-refractivity contribution is 7.89. The number of hydrogen-bond donors (Lipinski definition) is 1. The van der Waals surface area contributed by atoms with E-state index in [1.807, 2.05) is 0 Å². The maximum atomic E-state index is 12.1. The Hall–Kier alpha value is -0.950. The number of hydrogen-bond acceptors (Lipinski definition) is 4. The lowest BCUT2D eigenvalue weighted by molar-refractivity contribution is -0.141. The lowest BCUT2D eigenvalue weighted by atomic mass is 10.0. The Morgan fingerprint density at radius 3 is 2.35 bits per heavy atom. The molecule has 1 fully saturated rings. The van der Waals surface area contributed by atoms with Crippen molar-refractivity contribution in [3.63, 3.8) is 0 Å². The fourth-order valence-corrected chi connectivity index (χ4v) is 3.83. The molecule has 2 amide bonds. The molecule has 7 heteroatoms. The molecule has 1 aliphatic rings. The standard InChI is InChI=1S/C10H18N2O4S/c1-7(2)6-17(15,16)12-5-8(13)11-9(14)10(12,3)4/h7H,5-6H2,1-4H3,(H,11,13,14). The molecule has 1 saturated heterocycles. The number of amides is 2. The van der Waals surface area contributed by atoms with Crippen LogP contribution in [0.15, 0.2) is 0 Å². The lowest BCUT2D eigenvalue weighted by Crippen LogP contribution is -2.65. The van der Waals surface area contributed by atoms with E-state index in [4.69, 9.17) is 0 Å². The first-order chi connectivity index (χ1) is 7.57. The van der Waals surface area contributed by atoms with Crippen LogP contribution in [0.4, 0.5) is 0 Å². The van der Waals surface area contributed by atoms with Crippen LogP contribution in [0.25, 0.3) is 0 Å². The van der Waals surface area contributed by atoms with E-state index >= 15 is 0 Å². The highest BCUT2D eigenvalue weighted by Crippen LogP contribution is 2.23. The molecule has 0 aromatic heterocycles. The van der Waals surface area contributed by atoms with Gasteiger partial charge in [0.1, 0.15) is 5.54 Å². The van der Waals surface area contributed by atoms with E-state index in [2.05, 4.69) is 5.32 Å². The number of nitrogens with zero attached hydrogens (tertiary/aromatic N) is 1. The second-order valence-electron chi connectivity index (χ2n) is 5.12. The van der Waals surface area contributed by atoms with Crippen molar-refractivity contribution >= 4 is 21.8 Å². The molecule has 1 rings (SSSR count). The van der Waals surface area contributed by atoms with Crippen LogP contribution in [-0.4, -0.2) is 42.4 Å². The monoisotopic (exact) mass is 262 g/mol. The lowest BCUT2D eigenvalue weighted by Gasteiger charge is -2.39. The summed E-state index contributed by atoms with van der Waals surface area (Å²) in [6, 6.07) is 0. The normalized spacial score (nSPS) is 21.7. The van der Waals surface area contributed by atoms with Gasteiger partial charge in [0.25, 0.3) is 0 Å². The van der Waals surface area contributed by atoms with Crippen molar-refractivity contribution in [3.05, 3.63) is 0 Å². The third-order valence-electron chi connectivity index (χ3n) is 2.60. The molecule has 6 nitrogen and oxygen atoms in total.